The van der Waals surface area contributed by atoms with E-state index in [4.69, 9.17) is 4.42 Å². The number of hydrogen-bond acceptors (Lipinski definition) is 3. The zero-order valence-electron chi connectivity index (χ0n) is 10.5. The maximum absolute atomic E-state index is 5.43. The summed E-state index contributed by atoms with van der Waals surface area (Å²) in [5, 5.41) is 3.36. The van der Waals surface area contributed by atoms with Gasteiger partial charge in [-0.3, -0.25) is 4.90 Å². The summed E-state index contributed by atoms with van der Waals surface area (Å²) in [6.07, 6.45) is 4.42. The van der Waals surface area contributed by atoms with Gasteiger partial charge in [-0.25, -0.2) is 0 Å². The van der Waals surface area contributed by atoms with Crippen LogP contribution in [0.2, 0.25) is 0 Å². The molecular weight excluding hydrogens is 200 g/mol. The molecule has 0 aromatic carbocycles. The van der Waals surface area contributed by atoms with E-state index in [1.807, 2.05) is 13.1 Å². The number of nitrogens with one attached hydrogen (secondary N) is 1. The highest BCUT2D eigenvalue weighted by Gasteiger charge is 2.32. The van der Waals surface area contributed by atoms with Gasteiger partial charge in [0.2, 0.25) is 0 Å². The minimum absolute atomic E-state index is 0.162. The molecule has 1 aliphatic carbocycles. The molecule has 1 fully saturated rings. The first kappa shape index (κ1) is 11.7. The van der Waals surface area contributed by atoms with E-state index in [9.17, 15) is 0 Å². The van der Waals surface area contributed by atoms with Crippen molar-refractivity contribution in [2.45, 2.75) is 44.8 Å². The molecule has 16 heavy (non-hydrogen) atoms. The zero-order chi connectivity index (χ0) is 11.6. The molecule has 90 valence electrons. The molecule has 3 nitrogen and oxygen atoms in total. The van der Waals surface area contributed by atoms with E-state index in [-0.39, 0.29) is 5.54 Å². The number of rotatable bonds is 6. The number of likely N-dealkylation sites (N-methyl/N-ethyl adjacent to an activating group) is 1. The van der Waals surface area contributed by atoms with Gasteiger partial charge in [0.1, 0.15) is 5.76 Å². The van der Waals surface area contributed by atoms with Crippen LogP contribution in [0, 0.1) is 0 Å². The van der Waals surface area contributed by atoms with E-state index < -0.39 is 0 Å². The Hall–Kier alpha value is -0.800. The van der Waals surface area contributed by atoms with Crippen molar-refractivity contribution in [1.82, 2.24) is 10.2 Å². The summed E-state index contributed by atoms with van der Waals surface area (Å²) in [7, 11) is 2.03. The second-order valence-electron chi connectivity index (χ2n) is 5.35. The van der Waals surface area contributed by atoms with E-state index in [2.05, 4.69) is 30.1 Å². The first-order valence-corrected chi connectivity index (χ1v) is 6.06. The number of furan rings is 1. The average molecular weight is 222 g/mol. The molecule has 1 N–H and O–H groups in total. The molecule has 0 spiro atoms. The third kappa shape index (κ3) is 3.09. The minimum atomic E-state index is 0.162. The fourth-order valence-corrected chi connectivity index (χ4v) is 1.94. The van der Waals surface area contributed by atoms with Crippen LogP contribution in [0.3, 0.4) is 0 Å². The van der Waals surface area contributed by atoms with Crippen LogP contribution >= 0.6 is 0 Å². The maximum Gasteiger partial charge on any atom is 0.117 e. The quantitative estimate of drug-likeness (QED) is 0.800. The van der Waals surface area contributed by atoms with Gasteiger partial charge < -0.3 is 9.73 Å². The van der Waals surface area contributed by atoms with E-state index in [1.54, 1.807) is 6.26 Å². The van der Waals surface area contributed by atoms with E-state index in [0.29, 0.717) is 0 Å². The van der Waals surface area contributed by atoms with Crippen molar-refractivity contribution in [2.24, 2.45) is 0 Å². The van der Waals surface area contributed by atoms with Crippen LogP contribution in [0.1, 0.15) is 32.4 Å². The second kappa shape index (κ2) is 4.60. The van der Waals surface area contributed by atoms with Crippen LogP contribution < -0.4 is 5.32 Å². The maximum atomic E-state index is 5.43. The fourth-order valence-electron chi connectivity index (χ4n) is 1.94. The zero-order valence-corrected chi connectivity index (χ0v) is 10.5. The summed E-state index contributed by atoms with van der Waals surface area (Å²) in [4.78, 5) is 2.52. The lowest BCUT2D eigenvalue weighted by molar-refractivity contribution is 0.178. The van der Waals surface area contributed by atoms with Crippen molar-refractivity contribution in [3.8, 4) is 0 Å². The molecule has 1 aliphatic rings. The van der Waals surface area contributed by atoms with Gasteiger partial charge in [-0.15, -0.1) is 0 Å². The van der Waals surface area contributed by atoms with Gasteiger partial charge in [-0.05, 0) is 45.9 Å². The molecule has 0 atom stereocenters. The number of hydrogen-bond donors (Lipinski definition) is 1. The first-order valence-electron chi connectivity index (χ1n) is 6.06. The van der Waals surface area contributed by atoms with Gasteiger partial charge in [0.05, 0.1) is 12.8 Å². The lowest BCUT2D eigenvalue weighted by atomic mass is 10.1. The van der Waals surface area contributed by atoms with Gasteiger partial charge in [0.15, 0.2) is 0 Å². The molecule has 3 heteroatoms. The molecule has 0 bridgehead atoms. The summed E-state index contributed by atoms with van der Waals surface area (Å²) in [5.41, 5.74) is 0.162. The predicted molar refractivity (Wildman–Crippen MR) is 65.3 cm³/mol. The van der Waals surface area contributed by atoms with Crippen LogP contribution in [0.25, 0.3) is 0 Å². The van der Waals surface area contributed by atoms with Crippen molar-refractivity contribution < 1.29 is 4.42 Å². The second-order valence-corrected chi connectivity index (χ2v) is 5.35. The average Bonchev–Trinajstić information content (AvgIpc) is 2.97. The monoisotopic (exact) mass is 222 g/mol. The molecule has 0 saturated heterocycles. The van der Waals surface area contributed by atoms with E-state index >= 15 is 0 Å². The SMILES string of the molecule is CNC(C)(C)CN(Cc1ccco1)C1CC1. The highest BCUT2D eigenvalue weighted by Crippen LogP contribution is 2.29. The molecule has 1 saturated carbocycles. The summed E-state index contributed by atoms with van der Waals surface area (Å²) in [5.74, 6) is 1.07. The van der Waals surface area contributed by atoms with Crippen molar-refractivity contribution >= 4 is 0 Å². The van der Waals surface area contributed by atoms with Crippen LogP contribution in [0.5, 0.6) is 0 Å². The van der Waals surface area contributed by atoms with Crippen molar-refractivity contribution in [2.75, 3.05) is 13.6 Å². The van der Waals surface area contributed by atoms with Gasteiger partial charge in [-0.1, -0.05) is 0 Å². The standard InChI is InChI=1S/C13H22N2O/c1-13(2,14-3)10-15(11-6-7-11)9-12-5-4-8-16-12/h4-5,8,11,14H,6-7,9-10H2,1-3H3. The Morgan fingerprint density at radius 1 is 1.50 bits per heavy atom. The van der Waals surface area contributed by atoms with Gasteiger partial charge >= 0.3 is 0 Å². The highest BCUT2D eigenvalue weighted by molar-refractivity contribution is 5.00. The summed E-state index contributed by atoms with van der Waals surface area (Å²) in [6, 6.07) is 4.78. The largest absolute Gasteiger partial charge is 0.468 e. The van der Waals surface area contributed by atoms with E-state index in [0.717, 1.165) is 24.9 Å². The van der Waals surface area contributed by atoms with Crippen LogP contribution in [0.15, 0.2) is 22.8 Å². The van der Waals surface area contributed by atoms with Gasteiger partial charge in [-0.2, -0.15) is 0 Å². The highest BCUT2D eigenvalue weighted by atomic mass is 16.3. The molecule has 1 heterocycles. The van der Waals surface area contributed by atoms with Gasteiger partial charge in [0.25, 0.3) is 0 Å². The molecule has 0 amide bonds. The smallest absolute Gasteiger partial charge is 0.117 e. The minimum Gasteiger partial charge on any atom is -0.468 e. The predicted octanol–water partition coefficient (Wildman–Crippen LogP) is 2.24. The summed E-state index contributed by atoms with van der Waals surface area (Å²) < 4.78 is 5.43. The Labute approximate surface area is 97.8 Å². The molecule has 1 aromatic heterocycles. The molecule has 1 aromatic rings. The van der Waals surface area contributed by atoms with E-state index in [1.165, 1.54) is 12.8 Å². The third-order valence-electron chi connectivity index (χ3n) is 3.28. The summed E-state index contributed by atoms with van der Waals surface area (Å²) >= 11 is 0. The Morgan fingerprint density at radius 3 is 2.75 bits per heavy atom. The lowest BCUT2D eigenvalue weighted by Crippen LogP contribution is -2.47. The Balaban J connectivity index is 1.95. The molecular formula is C13H22N2O. The lowest BCUT2D eigenvalue weighted by Gasteiger charge is -2.32. The Bertz CT molecular complexity index is 315. The normalized spacial score (nSPS) is 17.0. The van der Waals surface area contributed by atoms with Gasteiger partial charge in [0, 0.05) is 18.1 Å². The van der Waals surface area contributed by atoms with Crippen LogP contribution in [-0.2, 0) is 6.54 Å². The topological polar surface area (TPSA) is 28.4 Å². The summed E-state index contributed by atoms with van der Waals surface area (Å²) in [6.45, 7) is 6.48. The van der Waals surface area contributed by atoms with Crippen molar-refractivity contribution in [3.05, 3.63) is 24.2 Å². The molecule has 0 unspecified atom stereocenters. The Morgan fingerprint density at radius 2 is 2.25 bits per heavy atom. The van der Waals surface area contributed by atoms with Crippen molar-refractivity contribution in [1.29, 1.82) is 0 Å². The van der Waals surface area contributed by atoms with Crippen LogP contribution in [0.4, 0.5) is 0 Å². The fraction of sp³-hybridized carbons (Fsp3) is 0.692. The first-order chi connectivity index (χ1) is 7.61. The Kier molecular flexibility index (Phi) is 3.36. The van der Waals surface area contributed by atoms with Crippen molar-refractivity contribution in [3.63, 3.8) is 0 Å². The number of nitrogens with zero attached hydrogens (tertiary/aromatic N) is 1. The van der Waals surface area contributed by atoms with Crippen LogP contribution in [-0.4, -0.2) is 30.1 Å². The molecule has 0 radical (unpaired) electrons. The third-order valence-corrected chi connectivity index (χ3v) is 3.28. The molecule has 0 aliphatic heterocycles. The molecule has 2 rings (SSSR count).